The van der Waals surface area contributed by atoms with Gasteiger partial charge in [0.05, 0.1) is 4.47 Å². The average Bonchev–Trinajstić information content (AvgIpc) is 1.96. The normalized spacial score (nSPS) is 10.1. The minimum atomic E-state index is -1.75. The lowest BCUT2D eigenvalue weighted by atomic mass is 9.80. The van der Waals surface area contributed by atoms with E-state index in [-0.39, 0.29) is 15.0 Å². The van der Waals surface area contributed by atoms with E-state index >= 15 is 0 Å². The molecule has 2 N–H and O–H groups in total. The van der Waals surface area contributed by atoms with Crippen LogP contribution in [-0.2, 0) is 0 Å². The number of benzene rings is 1. The van der Waals surface area contributed by atoms with Crippen LogP contribution in [0.5, 0.6) is 0 Å². The Morgan fingerprint density at radius 3 is 2.50 bits per heavy atom. The van der Waals surface area contributed by atoms with Gasteiger partial charge in [0.15, 0.2) is 0 Å². The Kier molecular flexibility index (Phi) is 3.12. The molecule has 6 heteroatoms. The van der Waals surface area contributed by atoms with Crippen molar-refractivity contribution in [1.82, 2.24) is 0 Å². The zero-order valence-electron chi connectivity index (χ0n) is 5.76. The summed E-state index contributed by atoms with van der Waals surface area (Å²) in [5.41, 5.74) is -0.0441. The van der Waals surface area contributed by atoms with E-state index in [9.17, 15) is 4.39 Å². The highest BCUT2D eigenvalue weighted by molar-refractivity contribution is 9.10. The molecule has 0 aliphatic rings. The Hall–Kier alpha value is -0.0951. The summed E-state index contributed by atoms with van der Waals surface area (Å²) in [6.45, 7) is 0. The molecule has 0 atom stereocenters. The fourth-order valence-electron chi connectivity index (χ4n) is 0.736. The maximum Gasteiger partial charge on any atom is 0.490 e. The van der Waals surface area contributed by atoms with E-state index in [0.717, 1.165) is 6.07 Å². The zero-order chi connectivity index (χ0) is 9.30. The molecule has 1 rings (SSSR count). The molecule has 0 aliphatic carbocycles. The van der Waals surface area contributed by atoms with Crippen LogP contribution >= 0.6 is 27.5 Å². The first-order valence-corrected chi connectivity index (χ1v) is 4.20. The van der Waals surface area contributed by atoms with E-state index in [4.69, 9.17) is 21.6 Å². The van der Waals surface area contributed by atoms with Gasteiger partial charge in [0.2, 0.25) is 0 Å². The molecule has 12 heavy (non-hydrogen) atoms. The van der Waals surface area contributed by atoms with Crippen molar-refractivity contribution in [3.05, 3.63) is 27.4 Å². The molecule has 0 unspecified atom stereocenters. The maximum atomic E-state index is 12.8. The van der Waals surface area contributed by atoms with E-state index in [1.54, 1.807) is 0 Å². The highest BCUT2D eigenvalue weighted by atomic mass is 79.9. The van der Waals surface area contributed by atoms with Crippen molar-refractivity contribution in [1.29, 1.82) is 0 Å². The van der Waals surface area contributed by atoms with Gasteiger partial charge in [-0.3, -0.25) is 0 Å². The highest BCUT2D eigenvalue weighted by Gasteiger charge is 2.17. The molecule has 2 nitrogen and oxygen atoms in total. The Morgan fingerprint density at radius 2 is 2.00 bits per heavy atom. The van der Waals surface area contributed by atoms with Gasteiger partial charge < -0.3 is 10.0 Å². The summed E-state index contributed by atoms with van der Waals surface area (Å²) < 4.78 is 13.0. The minimum absolute atomic E-state index is 0.0441. The average molecular weight is 253 g/mol. The van der Waals surface area contributed by atoms with Gasteiger partial charge in [-0.05, 0) is 28.1 Å². The largest absolute Gasteiger partial charge is 0.490 e. The maximum absolute atomic E-state index is 12.8. The first-order valence-electron chi connectivity index (χ1n) is 3.03. The summed E-state index contributed by atoms with van der Waals surface area (Å²) in [6, 6.07) is 2.24. The molecule has 1 aromatic carbocycles. The van der Waals surface area contributed by atoms with Gasteiger partial charge in [0.25, 0.3) is 0 Å². The quantitative estimate of drug-likeness (QED) is 0.577. The van der Waals surface area contributed by atoms with Crippen molar-refractivity contribution in [2.75, 3.05) is 0 Å². The fraction of sp³-hybridized carbons (Fsp3) is 0. The summed E-state index contributed by atoms with van der Waals surface area (Å²) in [5, 5.41) is 17.5. The van der Waals surface area contributed by atoms with Gasteiger partial charge >= 0.3 is 7.12 Å². The first kappa shape index (κ1) is 9.99. The van der Waals surface area contributed by atoms with Crippen molar-refractivity contribution in [2.24, 2.45) is 0 Å². The Morgan fingerprint density at radius 1 is 1.42 bits per heavy atom. The Bertz CT molecular complexity index is 308. The van der Waals surface area contributed by atoms with Crippen LogP contribution in [0, 0.1) is 5.82 Å². The van der Waals surface area contributed by atoms with Crippen LogP contribution < -0.4 is 5.46 Å². The van der Waals surface area contributed by atoms with Gasteiger partial charge in [-0.1, -0.05) is 11.6 Å². The van der Waals surface area contributed by atoms with Crippen LogP contribution in [0.3, 0.4) is 0 Å². The van der Waals surface area contributed by atoms with E-state index in [1.807, 2.05) is 0 Å². The molecule has 64 valence electrons. The summed E-state index contributed by atoms with van der Waals surface area (Å²) in [4.78, 5) is 0. The van der Waals surface area contributed by atoms with Gasteiger partial charge in [0, 0.05) is 10.5 Å². The molecule has 0 spiro atoms. The van der Waals surface area contributed by atoms with Crippen LogP contribution in [-0.4, -0.2) is 17.2 Å². The second kappa shape index (κ2) is 3.74. The second-order valence-electron chi connectivity index (χ2n) is 2.16. The first-order chi connectivity index (χ1) is 5.52. The number of hydrogen-bond acceptors (Lipinski definition) is 2. The third kappa shape index (κ3) is 1.98. The molecule has 0 amide bonds. The van der Waals surface area contributed by atoms with E-state index < -0.39 is 12.9 Å². The van der Waals surface area contributed by atoms with Crippen LogP contribution in [0.1, 0.15) is 0 Å². The molecule has 0 aliphatic heterocycles. The lowest BCUT2D eigenvalue weighted by Gasteiger charge is -2.03. The van der Waals surface area contributed by atoms with Gasteiger partial charge in [-0.15, -0.1) is 0 Å². The molecule has 0 fully saturated rings. The smallest absolute Gasteiger partial charge is 0.423 e. The summed E-state index contributed by atoms with van der Waals surface area (Å²) in [5.74, 6) is -0.581. The van der Waals surface area contributed by atoms with E-state index in [2.05, 4.69) is 15.9 Å². The molecular formula is C6H4BBrClFO2. The Labute approximate surface area is 82.2 Å². The molecule has 0 heterocycles. The molecule has 0 radical (unpaired) electrons. The summed E-state index contributed by atoms with van der Waals surface area (Å²) in [7, 11) is -1.75. The van der Waals surface area contributed by atoms with Crippen LogP contribution in [0.2, 0.25) is 5.02 Å². The van der Waals surface area contributed by atoms with E-state index in [0.29, 0.717) is 0 Å². The lowest BCUT2D eigenvalue weighted by Crippen LogP contribution is -2.31. The number of halogens is 3. The van der Waals surface area contributed by atoms with Crippen molar-refractivity contribution < 1.29 is 14.4 Å². The topological polar surface area (TPSA) is 40.5 Å². The Balaban J connectivity index is 3.23. The third-order valence-electron chi connectivity index (χ3n) is 1.32. The van der Waals surface area contributed by atoms with Crippen molar-refractivity contribution in [3.8, 4) is 0 Å². The predicted octanol–water partition coefficient (Wildman–Crippen LogP) is 0.921. The predicted molar refractivity (Wildman–Crippen MR) is 48.9 cm³/mol. The summed E-state index contributed by atoms with van der Waals surface area (Å²) >= 11 is 8.49. The zero-order valence-corrected chi connectivity index (χ0v) is 8.10. The minimum Gasteiger partial charge on any atom is -0.423 e. The van der Waals surface area contributed by atoms with Crippen LogP contribution in [0.4, 0.5) is 4.39 Å². The molecule has 0 saturated carbocycles. The second-order valence-corrected chi connectivity index (χ2v) is 3.42. The third-order valence-corrected chi connectivity index (χ3v) is 2.25. The van der Waals surface area contributed by atoms with Crippen molar-refractivity contribution in [3.63, 3.8) is 0 Å². The van der Waals surface area contributed by atoms with Crippen LogP contribution in [0.15, 0.2) is 16.6 Å². The van der Waals surface area contributed by atoms with Crippen molar-refractivity contribution in [2.45, 2.75) is 0 Å². The van der Waals surface area contributed by atoms with Crippen molar-refractivity contribution >= 4 is 40.1 Å². The molecule has 0 saturated heterocycles. The van der Waals surface area contributed by atoms with Gasteiger partial charge in [0.1, 0.15) is 5.82 Å². The fourth-order valence-corrected chi connectivity index (χ4v) is 1.47. The highest BCUT2D eigenvalue weighted by Crippen LogP contribution is 2.18. The molecule has 0 bridgehead atoms. The number of hydrogen-bond donors (Lipinski definition) is 2. The van der Waals surface area contributed by atoms with Gasteiger partial charge in [-0.25, -0.2) is 4.39 Å². The van der Waals surface area contributed by atoms with Crippen LogP contribution in [0.25, 0.3) is 0 Å². The molecule has 0 aromatic heterocycles. The van der Waals surface area contributed by atoms with Gasteiger partial charge in [-0.2, -0.15) is 0 Å². The standard InChI is InChI=1S/C6H4BBrClFO2/c8-4-2-5(9)3(7(11)12)1-6(4)10/h1-2,11-12H. The lowest BCUT2D eigenvalue weighted by molar-refractivity contribution is 0.425. The molecule has 1 aromatic rings. The SMILES string of the molecule is OB(O)c1cc(F)c(Br)cc1Cl. The number of rotatable bonds is 1. The molecular weight excluding hydrogens is 249 g/mol. The monoisotopic (exact) mass is 252 g/mol. The summed E-state index contributed by atoms with van der Waals surface area (Å²) in [6.07, 6.45) is 0. The van der Waals surface area contributed by atoms with E-state index in [1.165, 1.54) is 6.07 Å².